The van der Waals surface area contributed by atoms with Gasteiger partial charge in [0.1, 0.15) is 11.6 Å². The standard InChI is InChI=1S/C29H31FN10O/c1-19-13-27(38-37-19)35-26-16-25(21-17-31-40(18-21)12-11-39(2)3)34-29(36-26)33-23-9-7-20(8-10-23)14-28(41)32-24-6-4-5-22(30)15-24/h4-10,13,15-18H,11-12,14H2,1-3H3,(H,32,41)(H3,33,34,35,36,37,38). The van der Waals surface area contributed by atoms with Crippen molar-refractivity contribution in [3.05, 3.63) is 90.1 Å². The van der Waals surface area contributed by atoms with Gasteiger partial charge in [0.2, 0.25) is 11.9 Å². The van der Waals surface area contributed by atoms with Gasteiger partial charge in [0, 0.05) is 47.5 Å². The Labute approximate surface area is 236 Å². The molecule has 0 aliphatic heterocycles. The van der Waals surface area contributed by atoms with E-state index < -0.39 is 5.82 Å². The summed E-state index contributed by atoms with van der Waals surface area (Å²) in [5, 5.41) is 20.8. The van der Waals surface area contributed by atoms with Crippen LogP contribution in [0.25, 0.3) is 11.3 Å². The highest BCUT2D eigenvalue weighted by Crippen LogP contribution is 2.25. The number of likely N-dealkylation sites (N-methyl/N-ethyl adjacent to an activating group) is 1. The third kappa shape index (κ3) is 7.73. The minimum atomic E-state index is -0.402. The summed E-state index contributed by atoms with van der Waals surface area (Å²) in [6.45, 7) is 3.55. The van der Waals surface area contributed by atoms with Gasteiger partial charge in [-0.3, -0.25) is 14.6 Å². The lowest BCUT2D eigenvalue weighted by Gasteiger charge is -2.11. The van der Waals surface area contributed by atoms with Gasteiger partial charge in [-0.2, -0.15) is 15.2 Å². The number of nitrogens with one attached hydrogen (secondary N) is 4. The lowest BCUT2D eigenvalue weighted by molar-refractivity contribution is -0.115. The van der Waals surface area contributed by atoms with Gasteiger partial charge >= 0.3 is 0 Å². The average Bonchev–Trinajstić information content (AvgIpc) is 3.57. The van der Waals surface area contributed by atoms with Crippen LogP contribution in [0.2, 0.25) is 0 Å². The second-order valence-electron chi connectivity index (χ2n) is 9.88. The van der Waals surface area contributed by atoms with Crippen LogP contribution in [-0.4, -0.2) is 61.4 Å². The number of rotatable bonds is 11. The molecule has 0 fully saturated rings. The Hall–Kier alpha value is -5.10. The molecular weight excluding hydrogens is 523 g/mol. The summed E-state index contributed by atoms with van der Waals surface area (Å²) in [6, 6.07) is 16.9. The summed E-state index contributed by atoms with van der Waals surface area (Å²) < 4.78 is 15.3. The van der Waals surface area contributed by atoms with Crippen LogP contribution in [0.4, 0.5) is 33.3 Å². The molecule has 0 bridgehead atoms. The third-order valence-electron chi connectivity index (χ3n) is 6.08. The van der Waals surface area contributed by atoms with Crippen molar-refractivity contribution in [1.29, 1.82) is 0 Å². The second kappa shape index (κ2) is 12.4. The zero-order valence-corrected chi connectivity index (χ0v) is 23.0. The fourth-order valence-corrected chi connectivity index (χ4v) is 4.04. The number of nitrogens with zero attached hydrogens (tertiary/aromatic N) is 6. The van der Waals surface area contributed by atoms with E-state index in [1.807, 2.05) is 68.3 Å². The minimum absolute atomic E-state index is 0.151. The number of H-pyrrole nitrogens is 1. The predicted octanol–water partition coefficient (Wildman–Crippen LogP) is 4.74. The maximum absolute atomic E-state index is 13.4. The van der Waals surface area contributed by atoms with E-state index in [4.69, 9.17) is 4.98 Å². The van der Waals surface area contributed by atoms with E-state index >= 15 is 0 Å². The van der Waals surface area contributed by atoms with Gasteiger partial charge in [-0.05, 0) is 56.9 Å². The van der Waals surface area contributed by atoms with Gasteiger partial charge in [0.05, 0.1) is 24.9 Å². The highest BCUT2D eigenvalue weighted by Gasteiger charge is 2.12. The topological polar surface area (TPSA) is 129 Å². The van der Waals surface area contributed by atoms with Crippen molar-refractivity contribution in [3.63, 3.8) is 0 Å². The normalized spacial score (nSPS) is 11.0. The van der Waals surface area contributed by atoms with Gasteiger partial charge in [-0.15, -0.1) is 0 Å². The van der Waals surface area contributed by atoms with Crippen LogP contribution in [0.1, 0.15) is 11.3 Å². The predicted molar refractivity (Wildman–Crippen MR) is 157 cm³/mol. The number of halogens is 1. The Kier molecular flexibility index (Phi) is 8.30. The molecule has 0 saturated heterocycles. The summed E-state index contributed by atoms with van der Waals surface area (Å²) in [6.07, 6.45) is 3.90. The van der Waals surface area contributed by atoms with Gasteiger partial charge in [0.15, 0.2) is 5.82 Å². The van der Waals surface area contributed by atoms with Crippen molar-refractivity contribution in [3.8, 4) is 11.3 Å². The molecule has 12 heteroatoms. The molecule has 0 aliphatic rings. The number of carbonyl (C=O) groups excluding carboxylic acids is 1. The first-order chi connectivity index (χ1) is 19.8. The van der Waals surface area contributed by atoms with Crippen LogP contribution in [0.3, 0.4) is 0 Å². The van der Waals surface area contributed by atoms with Crippen LogP contribution in [0.15, 0.2) is 73.1 Å². The molecule has 5 rings (SSSR count). The number of aryl methyl sites for hydroxylation is 1. The highest BCUT2D eigenvalue weighted by atomic mass is 19.1. The molecule has 0 saturated carbocycles. The van der Waals surface area contributed by atoms with Crippen LogP contribution in [-0.2, 0) is 17.8 Å². The van der Waals surface area contributed by atoms with Gasteiger partial charge in [-0.1, -0.05) is 18.2 Å². The molecule has 41 heavy (non-hydrogen) atoms. The number of hydrogen-bond acceptors (Lipinski definition) is 8. The quantitative estimate of drug-likeness (QED) is 0.184. The summed E-state index contributed by atoms with van der Waals surface area (Å²) >= 11 is 0. The van der Waals surface area contributed by atoms with E-state index in [0.29, 0.717) is 29.0 Å². The van der Waals surface area contributed by atoms with Crippen LogP contribution in [0.5, 0.6) is 0 Å². The largest absolute Gasteiger partial charge is 0.326 e. The molecule has 5 aromatic rings. The lowest BCUT2D eigenvalue weighted by Crippen LogP contribution is -2.18. The number of hydrogen-bond donors (Lipinski definition) is 4. The van der Waals surface area contributed by atoms with Crippen molar-refractivity contribution in [2.75, 3.05) is 36.6 Å². The van der Waals surface area contributed by atoms with Crippen LogP contribution < -0.4 is 16.0 Å². The molecule has 2 aromatic carbocycles. The lowest BCUT2D eigenvalue weighted by atomic mass is 10.1. The van der Waals surface area contributed by atoms with Crippen molar-refractivity contribution in [1.82, 2.24) is 34.8 Å². The Morgan fingerprint density at radius 3 is 2.56 bits per heavy atom. The first kappa shape index (κ1) is 27.5. The first-order valence-electron chi connectivity index (χ1n) is 13.1. The van der Waals surface area contributed by atoms with Gasteiger partial charge in [-0.25, -0.2) is 9.37 Å². The van der Waals surface area contributed by atoms with Crippen molar-refractivity contribution >= 4 is 34.9 Å². The zero-order valence-electron chi connectivity index (χ0n) is 23.0. The number of aromatic nitrogens is 6. The SMILES string of the molecule is Cc1cc(Nc2cc(-c3cnn(CCN(C)C)c3)nc(Nc3ccc(CC(=O)Nc4cccc(F)c4)cc3)n2)n[nH]1. The van der Waals surface area contributed by atoms with Gasteiger partial charge in [0.25, 0.3) is 0 Å². The Balaban J connectivity index is 1.32. The molecule has 0 unspecified atom stereocenters. The van der Waals surface area contributed by atoms with E-state index in [1.165, 1.54) is 12.1 Å². The highest BCUT2D eigenvalue weighted by molar-refractivity contribution is 5.92. The molecule has 0 aliphatic carbocycles. The van der Waals surface area contributed by atoms with E-state index in [2.05, 4.69) is 41.1 Å². The van der Waals surface area contributed by atoms with E-state index in [-0.39, 0.29) is 12.3 Å². The second-order valence-corrected chi connectivity index (χ2v) is 9.88. The smallest absolute Gasteiger partial charge is 0.229 e. The molecule has 210 valence electrons. The zero-order chi connectivity index (χ0) is 28.8. The number of aromatic amines is 1. The van der Waals surface area contributed by atoms with Gasteiger partial charge < -0.3 is 20.9 Å². The number of anilines is 5. The minimum Gasteiger partial charge on any atom is -0.326 e. The summed E-state index contributed by atoms with van der Waals surface area (Å²) in [4.78, 5) is 23.9. The fourth-order valence-electron chi connectivity index (χ4n) is 4.04. The molecule has 0 radical (unpaired) electrons. The fraction of sp³-hybridized carbons (Fsp3) is 0.207. The molecule has 0 atom stereocenters. The van der Waals surface area contributed by atoms with Crippen molar-refractivity contribution in [2.45, 2.75) is 19.9 Å². The van der Waals surface area contributed by atoms with Crippen molar-refractivity contribution in [2.24, 2.45) is 0 Å². The first-order valence-corrected chi connectivity index (χ1v) is 13.1. The summed E-state index contributed by atoms with van der Waals surface area (Å²) in [5.74, 6) is 0.953. The van der Waals surface area contributed by atoms with E-state index in [0.717, 1.165) is 35.6 Å². The maximum Gasteiger partial charge on any atom is 0.229 e. The molecule has 11 nitrogen and oxygen atoms in total. The monoisotopic (exact) mass is 554 g/mol. The number of benzene rings is 2. The van der Waals surface area contributed by atoms with E-state index in [9.17, 15) is 9.18 Å². The average molecular weight is 555 g/mol. The van der Waals surface area contributed by atoms with Crippen LogP contribution in [0, 0.1) is 12.7 Å². The Bertz CT molecular complexity index is 1630. The number of carbonyl (C=O) groups is 1. The molecule has 3 heterocycles. The molecule has 3 aromatic heterocycles. The Morgan fingerprint density at radius 1 is 1.00 bits per heavy atom. The third-order valence-corrected chi connectivity index (χ3v) is 6.08. The number of amides is 1. The van der Waals surface area contributed by atoms with Crippen molar-refractivity contribution < 1.29 is 9.18 Å². The molecular formula is C29H31FN10O. The Morgan fingerprint density at radius 2 is 1.83 bits per heavy atom. The molecule has 4 N–H and O–H groups in total. The summed E-state index contributed by atoms with van der Waals surface area (Å²) in [5.41, 5.74) is 4.45. The maximum atomic E-state index is 13.4. The van der Waals surface area contributed by atoms with E-state index in [1.54, 1.807) is 18.3 Å². The summed E-state index contributed by atoms with van der Waals surface area (Å²) in [7, 11) is 4.05. The molecule has 1 amide bonds. The molecule has 0 spiro atoms. The van der Waals surface area contributed by atoms with Crippen LogP contribution >= 0.6 is 0 Å².